The van der Waals surface area contributed by atoms with Gasteiger partial charge in [0.05, 0.1) is 5.56 Å². The number of aromatic nitrogens is 6. The summed E-state index contributed by atoms with van der Waals surface area (Å²) in [6.07, 6.45) is 5.94. The van der Waals surface area contributed by atoms with Gasteiger partial charge in [-0.25, -0.2) is 8.78 Å². The third-order valence-corrected chi connectivity index (χ3v) is 21.3. The van der Waals surface area contributed by atoms with Crippen LogP contribution in [0.2, 0.25) is 0 Å². The molecule has 0 bridgehead atoms. The van der Waals surface area contributed by atoms with Gasteiger partial charge in [-0.1, -0.05) is 217 Å². The maximum Gasteiger partial charge on any atom is 0.417 e. The fourth-order valence-electron chi connectivity index (χ4n) is 15.0. The molecule has 12 aromatic carbocycles. The summed E-state index contributed by atoms with van der Waals surface area (Å²) >= 11 is 0. The van der Waals surface area contributed by atoms with Crippen LogP contribution in [0.15, 0.2) is 353 Å². The molecule has 1 aliphatic carbocycles. The van der Waals surface area contributed by atoms with Crippen molar-refractivity contribution in [2.75, 3.05) is 0 Å². The molecule has 18 aromatic rings. The number of fused-ring (bicyclic) bond motifs is 4. The van der Waals surface area contributed by atoms with E-state index in [1.807, 2.05) is 183 Å². The van der Waals surface area contributed by atoms with E-state index in [1.165, 1.54) is 107 Å². The molecular formula is C111H85F5Ir3N6-6. The average molecular weight is 2170 g/mol. The van der Waals surface area contributed by atoms with Crippen molar-refractivity contribution in [3.63, 3.8) is 0 Å². The van der Waals surface area contributed by atoms with Gasteiger partial charge in [0.25, 0.3) is 0 Å². The molecular weight excluding hydrogens is 2090 g/mol. The van der Waals surface area contributed by atoms with Crippen molar-refractivity contribution in [2.45, 2.75) is 73.9 Å². The molecule has 0 amide bonds. The van der Waals surface area contributed by atoms with Crippen LogP contribution < -0.4 is 0 Å². The largest absolute Gasteiger partial charge is 0.417 e. The Morgan fingerprint density at radius 3 is 1.10 bits per heavy atom. The van der Waals surface area contributed by atoms with Gasteiger partial charge in [0, 0.05) is 104 Å². The Morgan fingerprint density at radius 2 is 0.680 bits per heavy atom. The molecule has 0 atom stereocenters. The van der Waals surface area contributed by atoms with Gasteiger partial charge in [-0.3, -0.25) is 0 Å². The van der Waals surface area contributed by atoms with Gasteiger partial charge < -0.3 is 29.9 Å². The first-order chi connectivity index (χ1) is 59.1. The molecule has 0 spiro atoms. The molecule has 14 heteroatoms. The number of hydrogen-bond acceptors (Lipinski definition) is 6. The summed E-state index contributed by atoms with van der Waals surface area (Å²) in [5, 5.41) is 2.43. The standard InChI is InChI=1S/C21H15F3N.3C19H16N.C18H12F2N.C15H10N.3Ir/c1-20(2)17-6-4-3-5-15(17)16-9-7-13(11-18(16)20)19-10-8-14(12-25-19)21(22,23)24;3*1-14-7-6-8-15(2)19(14)17-11-12-18(20-13-17)16-9-4-3-5-10-16;1-12-2-7-18(21-11-12)14-5-3-13(4-6-14)15-8-16(19)10-17(20)9-15;1-2-6-13-11-14(9-8-12(13)5-1)15-7-3-4-10-16-15;;;/h3-6,8-12H,1-2H3;3*3-9,11-13H,1-2H3;2-5,7-11H,1H3;1-8,10-11H;;;/q6*-1;;;. The molecule has 6 nitrogen and oxygen atoms in total. The topological polar surface area (TPSA) is 77.3 Å². The van der Waals surface area contributed by atoms with Crippen molar-refractivity contribution >= 4 is 10.8 Å². The minimum absolute atomic E-state index is 0. The predicted molar refractivity (Wildman–Crippen MR) is 486 cm³/mol. The Morgan fingerprint density at radius 1 is 0.280 bits per heavy atom. The van der Waals surface area contributed by atoms with Gasteiger partial charge in [0.2, 0.25) is 0 Å². The summed E-state index contributed by atoms with van der Waals surface area (Å²) in [4.78, 5) is 26.4. The van der Waals surface area contributed by atoms with Gasteiger partial charge in [-0.05, 0) is 184 Å². The van der Waals surface area contributed by atoms with E-state index in [2.05, 4.69) is 243 Å². The second kappa shape index (κ2) is 43.1. The molecule has 3 radical (unpaired) electrons. The fourth-order valence-corrected chi connectivity index (χ4v) is 15.0. The molecule has 1 aliphatic rings. The number of nitrogens with zero attached hydrogens (tertiary/aromatic N) is 6. The fraction of sp³-hybridized carbons (Fsp3) is 0.0991. The molecule has 0 fully saturated rings. The van der Waals surface area contributed by atoms with Crippen molar-refractivity contribution in [2.24, 2.45) is 0 Å². The van der Waals surface area contributed by atoms with Gasteiger partial charge in [-0.15, -0.1) is 196 Å². The average Bonchev–Trinajstić information content (AvgIpc) is 1.58. The molecule has 125 heavy (non-hydrogen) atoms. The Hall–Kier alpha value is -12.6. The van der Waals surface area contributed by atoms with E-state index in [1.54, 1.807) is 18.5 Å². The van der Waals surface area contributed by atoms with Crippen LogP contribution in [-0.4, -0.2) is 29.9 Å². The first-order valence-corrected chi connectivity index (χ1v) is 40.0. The Kier molecular flexibility index (Phi) is 32.1. The smallest absolute Gasteiger partial charge is 0.305 e. The molecule has 6 aromatic heterocycles. The van der Waals surface area contributed by atoms with Crippen molar-refractivity contribution in [1.29, 1.82) is 0 Å². The summed E-state index contributed by atoms with van der Waals surface area (Å²) in [5.41, 5.74) is 31.9. The molecule has 6 heterocycles. The minimum atomic E-state index is -4.38. The summed E-state index contributed by atoms with van der Waals surface area (Å²) in [6.45, 7) is 19.1. The Bertz CT molecular complexity index is 6170. The minimum Gasteiger partial charge on any atom is -0.305 e. The molecule has 0 aliphatic heterocycles. The number of hydrogen-bond donors (Lipinski definition) is 0. The zero-order valence-electron chi connectivity index (χ0n) is 70.1. The van der Waals surface area contributed by atoms with Crippen molar-refractivity contribution < 1.29 is 82.3 Å². The first-order valence-electron chi connectivity index (χ1n) is 40.0. The van der Waals surface area contributed by atoms with Gasteiger partial charge >= 0.3 is 6.18 Å². The number of benzene rings is 12. The van der Waals surface area contributed by atoms with Crippen LogP contribution in [-0.2, 0) is 71.9 Å². The quantitative estimate of drug-likeness (QED) is 0.100. The Labute approximate surface area is 770 Å². The summed E-state index contributed by atoms with van der Waals surface area (Å²) in [7, 11) is 0. The molecule has 0 saturated heterocycles. The third kappa shape index (κ3) is 23.3. The van der Waals surface area contributed by atoms with E-state index >= 15 is 0 Å². The number of alkyl halides is 3. The maximum absolute atomic E-state index is 13.2. The van der Waals surface area contributed by atoms with Crippen molar-refractivity contribution in [3.8, 4) is 123 Å². The Balaban J connectivity index is 0.000000146. The van der Waals surface area contributed by atoms with E-state index in [0.29, 0.717) is 22.4 Å². The molecule has 0 saturated carbocycles. The number of aryl methyl sites for hydroxylation is 7. The number of halogens is 5. The maximum atomic E-state index is 13.2. The molecule has 0 N–H and O–H groups in total. The number of pyridine rings is 6. The van der Waals surface area contributed by atoms with Gasteiger partial charge in [0.1, 0.15) is 11.6 Å². The summed E-state index contributed by atoms with van der Waals surface area (Å²) < 4.78 is 64.6. The van der Waals surface area contributed by atoms with Crippen LogP contribution >= 0.6 is 0 Å². The van der Waals surface area contributed by atoms with Crippen LogP contribution in [0.1, 0.15) is 69.5 Å². The van der Waals surface area contributed by atoms with Gasteiger partial charge in [0.15, 0.2) is 0 Å². The van der Waals surface area contributed by atoms with E-state index in [9.17, 15) is 22.0 Å². The first kappa shape index (κ1) is 93.1. The molecule has 0 unspecified atom stereocenters. The van der Waals surface area contributed by atoms with Crippen molar-refractivity contribution in [3.05, 3.63) is 456 Å². The van der Waals surface area contributed by atoms with Crippen LogP contribution in [0, 0.1) is 96.5 Å². The molecule has 627 valence electrons. The zero-order valence-corrected chi connectivity index (χ0v) is 77.2. The van der Waals surface area contributed by atoms with Gasteiger partial charge in [-0.2, -0.15) is 13.2 Å². The SMILES string of the molecule is CC1(C)c2ccccc2-c2c[c-]c(-c3ccc(C(F)(F)F)cn3)cc21.Cc1ccc(-c2[c-]cc(-c3cc(F)cc(F)c3)cc2)nc1.Cc1cccc(C)c1-c1ccc(-c2[c-]cccc2)nc1.Cc1cccc(C)c1-c1ccc(-c2[c-]cccc2)nc1.Cc1cccc(C)c1-c1ccc(-c2[c-]cccc2)nc1.[Ir].[Ir].[Ir].[c-]1cc2ccccc2cc1-c1ccccn1. The van der Waals surface area contributed by atoms with Crippen LogP contribution in [0.3, 0.4) is 0 Å². The monoisotopic (exact) mass is 2180 g/mol. The van der Waals surface area contributed by atoms with E-state index in [0.717, 1.165) is 91.3 Å². The van der Waals surface area contributed by atoms with Crippen LogP contribution in [0.25, 0.3) is 134 Å². The van der Waals surface area contributed by atoms with Crippen LogP contribution in [0.5, 0.6) is 0 Å². The van der Waals surface area contributed by atoms with E-state index in [4.69, 9.17) is 0 Å². The second-order valence-corrected chi connectivity index (χ2v) is 30.3. The summed E-state index contributed by atoms with van der Waals surface area (Å²) in [6, 6.07) is 120. The predicted octanol–water partition coefficient (Wildman–Crippen LogP) is 28.9. The van der Waals surface area contributed by atoms with Crippen LogP contribution in [0.4, 0.5) is 22.0 Å². The number of rotatable bonds is 10. The molecule has 19 rings (SSSR count). The van der Waals surface area contributed by atoms with E-state index < -0.39 is 23.4 Å². The zero-order chi connectivity index (χ0) is 85.3. The third-order valence-electron chi connectivity index (χ3n) is 21.3. The van der Waals surface area contributed by atoms with E-state index in [-0.39, 0.29) is 65.7 Å². The second-order valence-electron chi connectivity index (χ2n) is 30.3. The van der Waals surface area contributed by atoms with Crippen molar-refractivity contribution in [1.82, 2.24) is 29.9 Å². The normalized spacial score (nSPS) is 11.2. The summed E-state index contributed by atoms with van der Waals surface area (Å²) in [5.74, 6) is -1.18.